The Morgan fingerprint density at radius 1 is 0.710 bits per heavy atom. The fourth-order valence-corrected chi connectivity index (χ4v) is 4.74. The molecular weight excluding hydrogens is 408 g/mol. The van der Waals surface area contributed by atoms with Gasteiger partial charge in [-0.05, 0) is 38.5 Å². The number of amides is 1. The highest BCUT2D eigenvalue weighted by Gasteiger charge is 2.35. The molecule has 31 heavy (non-hydrogen) atoms. The molecule has 2 aliphatic rings. The number of nitrogens with zero attached hydrogens (tertiary/aromatic N) is 2. The second-order valence-electron chi connectivity index (χ2n) is 8.52. The average molecular weight is 439 g/mol. The topological polar surface area (TPSA) is 182 Å². The third kappa shape index (κ3) is 8.42. The Morgan fingerprint density at radius 2 is 1.13 bits per heavy atom. The summed E-state index contributed by atoms with van der Waals surface area (Å²) in [5.41, 5.74) is 5.88. The summed E-state index contributed by atoms with van der Waals surface area (Å²) in [5, 5.41) is 36.6. The Balaban J connectivity index is 2.12. The number of rotatable bonds is 11. The van der Waals surface area contributed by atoms with Crippen LogP contribution in [-0.4, -0.2) is 84.0 Å². The first-order chi connectivity index (χ1) is 14.7. The molecule has 11 heteroatoms. The third-order valence-corrected chi connectivity index (χ3v) is 6.11. The van der Waals surface area contributed by atoms with Crippen LogP contribution in [0.1, 0.15) is 51.4 Å². The number of carbonyl (C=O) groups excluding carboxylic acids is 4. The predicted molar refractivity (Wildman–Crippen MR) is 103 cm³/mol. The van der Waals surface area contributed by atoms with Crippen LogP contribution in [0.15, 0.2) is 0 Å². The highest BCUT2D eigenvalue weighted by Crippen LogP contribution is 2.27. The molecule has 0 aliphatic heterocycles. The first-order valence-corrected chi connectivity index (χ1v) is 10.8. The smallest absolute Gasteiger partial charge is 0.234 e. The lowest BCUT2D eigenvalue weighted by Crippen LogP contribution is -2.60. The van der Waals surface area contributed by atoms with E-state index in [0.29, 0.717) is 12.8 Å². The Hall–Kier alpha value is -2.24. The molecule has 0 aromatic rings. The number of hydrogen-bond donors (Lipinski definition) is 2. The van der Waals surface area contributed by atoms with Crippen LogP contribution in [0.4, 0.5) is 0 Å². The van der Waals surface area contributed by atoms with Gasteiger partial charge in [0, 0.05) is 43.8 Å². The SMILES string of the molecule is NC1CCC(NC(=O)CN(CC(=O)[O-])[C@@H]2CCCC[C@H]2N(CC(=O)[O-])CC(=O)[O-])CC1. The summed E-state index contributed by atoms with van der Waals surface area (Å²) in [6.45, 7) is -1.97. The lowest BCUT2D eigenvalue weighted by atomic mass is 9.87. The molecule has 0 unspecified atom stereocenters. The molecule has 0 bridgehead atoms. The normalized spacial score (nSPS) is 26.5. The fraction of sp³-hybridized carbons (Fsp3) is 0.800. The van der Waals surface area contributed by atoms with E-state index in [9.17, 15) is 34.5 Å². The lowest BCUT2D eigenvalue weighted by Gasteiger charge is -2.45. The Morgan fingerprint density at radius 3 is 1.55 bits per heavy atom. The zero-order valence-electron chi connectivity index (χ0n) is 17.6. The highest BCUT2D eigenvalue weighted by atomic mass is 16.4. The van der Waals surface area contributed by atoms with Crippen molar-refractivity contribution in [1.29, 1.82) is 0 Å². The van der Waals surface area contributed by atoms with Crippen LogP contribution in [0.2, 0.25) is 0 Å². The molecule has 176 valence electrons. The highest BCUT2D eigenvalue weighted by molar-refractivity contribution is 5.79. The monoisotopic (exact) mass is 439 g/mol. The van der Waals surface area contributed by atoms with Gasteiger partial charge in [0.15, 0.2) is 0 Å². The van der Waals surface area contributed by atoms with Gasteiger partial charge in [0.2, 0.25) is 5.91 Å². The van der Waals surface area contributed by atoms with E-state index < -0.39 is 49.6 Å². The molecule has 3 N–H and O–H groups in total. The second kappa shape index (κ2) is 12.0. The Kier molecular flexibility index (Phi) is 9.66. The van der Waals surface area contributed by atoms with Crippen LogP contribution in [0.25, 0.3) is 0 Å². The van der Waals surface area contributed by atoms with Crippen molar-refractivity contribution in [1.82, 2.24) is 15.1 Å². The predicted octanol–water partition coefficient (Wildman–Crippen LogP) is -4.46. The van der Waals surface area contributed by atoms with Crippen molar-refractivity contribution >= 4 is 23.8 Å². The van der Waals surface area contributed by atoms with E-state index in [2.05, 4.69) is 5.32 Å². The van der Waals surface area contributed by atoms with Crippen molar-refractivity contribution in [3.8, 4) is 0 Å². The molecule has 2 saturated carbocycles. The average Bonchev–Trinajstić information content (AvgIpc) is 2.67. The molecule has 0 saturated heterocycles. The van der Waals surface area contributed by atoms with E-state index in [1.807, 2.05) is 0 Å². The van der Waals surface area contributed by atoms with Gasteiger partial charge in [-0.25, -0.2) is 0 Å². The van der Waals surface area contributed by atoms with Gasteiger partial charge in [0.05, 0.1) is 24.5 Å². The van der Waals surface area contributed by atoms with Crippen LogP contribution in [0, 0.1) is 0 Å². The van der Waals surface area contributed by atoms with Crippen molar-refractivity contribution in [2.75, 3.05) is 26.2 Å². The van der Waals surface area contributed by atoms with Crippen LogP contribution >= 0.6 is 0 Å². The van der Waals surface area contributed by atoms with Gasteiger partial charge in [-0.15, -0.1) is 0 Å². The molecule has 2 aliphatic carbocycles. The number of carboxylic acid groups (broad SMARTS) is 3. The van der Waals surface area contributed by atoms with E-state index in [0.717, 1.165) is 38.5 Å². The molecule has 0 aromatic heterocycles. The second-order valence-corrected chi connectivity index (χ2v) is 8.52. The third-order valence-electron chi connectivity index (χ3n) is 6.11. The summed E-state index contributed by atoms with van der Waals surface area (Å²) in [7, 11) is 0. The Labute approximate surface area is 181 Å². The maximum Gasteiger partial charge on any atom is 0.234 e. The van der Waals surface area contributed by atoms with Gasteiger partial charge in [0.25, 0.3) is 0 Å². The summed E-state index contributed by atoms with van der Waals surface area (Å²) >= 11 is 0. The molecule has 1 amide bonds. The van der Waals surface area contributed by atoms with Crippen molar-refractivity contribution in [2.24, 2.45) is 5.73 Å². The zero-order valence-corrected chi connectivity index (χ0v) is 17.6. The fourth-order valence-electron chi connectivity index (χ4n) is 4.74. The van der Waals surface area contributed by atoms with Gasteiger partial charge < -0.3 is 40.8 Å². The number of nitrogens with two attached hydrogens (primary N) is 1. The quantitative estimate of drug-likeness (QED) is 0.318. The van der Waals surface area contributed by atoms with Crippen LogP contribution < -0.4 is 26.4 Å². The number of carboxylic acids is 3. The van der Waals surface area contributed by atoms with E-state index >= 15 is 0 Å². The number of hydrogen-bond acceptors (Lipinski definition) is 10. The van der Waals surface area contributed by atoms with E-state index in [4.69, 9.17) is 5.73 Å². The van der Waals surface area contributed by atoms with Crippen molar-refractivity contribution < 1.29 is 34.5 Å². The largest absolute Gasteiger partial charge is 0.549 e. The minimum Gasteiger partial charge on any atom is -0.549 e. The summed E-state index contributed by atoms with van der Waals surface area (Å²) in [5.74, 6) is -4.58. The molecule has 0 radical (unpaired) electrons. The van der Waals surface area contributed by atoms with E-state index in [1.54, 1.807) is 0 Å². The summed E-state index contributed by atoms with van der Waals surface area (Å²) in [6, 6.07) is -0.976. The lowest BCUT2D eigenvalue weighted by molar-refractivity contribution is -0.313. The van der Waals surface area contributed by atoms with Gasteiger partial charge in [-0.2, -0.15) is 0 Å². The maximum atomic E-state index is 12.6. The van der Waals surface area contributed by atoms with Crippen LogP contribution in [0.5, 0.6) is 0 Å². The molecule has 0 spiro atoms. The number of nitrogens with one attached hydrogen (secondary N) is 1. The standard InChI is InChI=1S/C20H34N4O7/c21-13-5-7-14(8-6-13)22-17(25)9-23(10-18(26)27)15-3-1-2-4-16(15)24(11-19(28)29)12-20(30)31/h13-16H,1-12,21H2,(H,22,25)(H,26,27)(H,28,29)(H,30,31)/p-3/t13?,14?,15-,16-/m1/s1. The molecule has 0 aromatic carbocycles. The molecule has 2 rings (SSSR count). The summed E-state index contributed by atoms with van der Waals surface area (Å²) < 4.78 is 0. The molecule has 0 heterocycles. The van der Waals surface area contributed by atoms with Crippen molar-refractivity contribution in [3.05, 3.63) is 0 Å². The summed E-state index contributed by atoms with van der Waals surface area (Å²) in [6.07, 6.45) is 5.56. The van der Waals surface area contributed by atoms with Crippen LogP contribution in [0.3, 0.4) is 0 Å². The Bertz CT molecular complexity index is 635. The summed E-state index contributed by atoms with van der Waals surface area (Å²) in [4.78, 5) is 49.0. The minimum atomic E-state index is -1.44. The van der Waals surface area contributed by atoms with E-state index in [1.165, 1.54) is 9.80 Å². The van der Waals surface area contributed by atoms with Crippen molar-refractivity contribution in [2.45, 2.75) is 75.5 Å². The van der Waals surface area contributed by atoms with Crippen molar-refractivity contribution in [3.63, 3.8) is 0 Å². The molecule has 2 atom stereocenters. The van der Waals surface area contributed by atoms with Gasteiger partial charge in [-0.3, -0.25) is 14.6 Å². The first-order valence-electron chi connectivity index (χ1n) is 10.8. The molecule has 2 fully saturated rings. The molecular formula is C20H31N4O7-3. The number of carbonyl (C=O) groups is 4. The number of aliphatic carboxylic acids is 3. The van der Waals surface area contributed by atoms with Crippen LogP contribution in [-0.2, 0) is 19.2 Å². The van der Waals surface area contributed by atoms with E-state index in [-0.39, 0.29) is 24.5 Å². The molecule has 11 nitrogen and oxygen atoms in total. The maximum absolute atomic E-state index is 12.6. The van der Waals surface area contributed by atoms with Gasteiger partial charge in [-0.1, -0.05) is 12.8 Å². The minimum absolute atomic E-state index is 0.0214. The first kappa shape index (κ1) is 25.0. The van der Waals surface area contributed by atoms with Gasteiger partial charge in [0.1, 0.15) is 0 Å². The zero-order chi connectivity index (χ0) is 23.0. The van der Waals surface area contributed by atoms with Gasteiger partial charge >= 0.3 is 0 Å².